The Morgan fingerprint density at radius 2 is 1.39 bits per heavy atom. The molecular weight excluding hydrogens is 690 g/mol. The van der Waals surface area contributed by atoms with E-state index in [1.54, 1.807) is 19.2 Å². The second-order valence-electron chi connectivity index (χ2n) is 13.6. The molecule has 54 heavy (non-hydrogen) atoms. The van der Waals surface area contributed by atoms with Crippen LogP contribution in [0.1, 0.15) is 106 Å². The Kier molecular flexibility index (Phi) is 13.0. The van der Waals surface area contributed by atoms with Crippen molar-refractivity contribution in [2.75, 3.05) is 25.6 Å². The molecule has 4 aromatic rings. The number of rotatable bonds is 18. The number of aliphatic hydroxyl groups excluding tert-OH is 4. The van der Waals surface area contributed by atoms with Crippen molar-refractivity contribution in [2.24, 2.45) is 5.16 Å². The Balaban J connectivity index is 0.924. The van der Waals surface area contributed by atoms with Gasteiger partial charge in [0.15, 0.2) is 17.6 Å². The lowest BCUT2D eigenvalue weighted by atomic mass is 9.94. The topological polar surface area (TPSA) is 171 Å². The number of oxime groups is 1. The number of hydrogen-bond donors (Lipinski definition) is 6. The van der Waals surface area contributed by atoms with E-state index in [4.69, 9.17) is 19.0 Å². The molecule has 6 N–H and O–H groups in total. The van der Waals surface area contributed by atoms with E-state index in [1.807, 2.05) is 61.5 Å². The minimum atomic E-state index is -0.405. The van der Waals surface area contributed by atoms with Gasteiger partial charge in [-0.15, -0.1) is 0 Å². The highest BCUT2D eigenvalue weighted by atomic mass is 16.6. The molecule has 0 bridgehead atoms. The first-order valence-electron chi connectivity index (χ1n) is 18.4. The van der Waals surface area contributed by atoms with E-state index in [0.29, 0.717) is 70.4 Å². The predicted octanol–water partition coefficient (Wildman–Crippen LogP) is 6.10. The summed E-state index contributed by atoms with van der Waals surface area (Å²) in [6.45, 7) is 2.05. The number of aryl methyl sites for hydroxylation is 1. The van der Waals surface area contributed by atoms with Gasteiger partial charge in [-0.1, -0.05) is 48.2 Å². The number of anilines is 1. The van der Waals surface area contributed by atoms with Gasteiger partial charge in [0.1, 0.15) is 11.9 Å². The summed E-state index contributed by atoms with van der Waals surface area (Å²) in [6, 6.07) is 20.6. The Morgan fingerprint density at radius 1 is 0.722 bits per heavy atom. The third-order valence-electron chi connectivity index (χ3n) is 9.88. The number of amides is 1. The summed E-state index contributed by atoms with van der Waals surface area (Å²) in [7, 11) is 1.61. The van der Waals surface area contributed by atoms with Crippen molar-refractivity contribution >= 4 is 17.3 Å². The monoisotopic (exact) mass is 739 g/mol. The zero-order valence-corrected chi connectivity index (χ0v) is 30.8. The van der Waals surface area contributed by atoms with E-state index in [0.717, 1.165) is 60.0 Å². The van der Waals surface area contributed by atoms with E-state index in [-0.39, 0.29) is 38.4 Å². The summed E-state index contributed by atoms with van der Waals surface area (Å²) < 4.78 is 17.7. The van der Waals surface area contributed by atoms with Gasteiger partial charge in [0, 0.05) is 23.2 Å². The average molecular weight is 740 g/mol. The van der Waals surface area contributed by atoms with E-state index < -0.39 is 6.17 Å². The van der Waals surface area contributed by atoms with Crippen molar-refractivity contribution in [1.29, 1.82) is 0 Å². The van der Waals surface area contributed by atoms with Crippen LogP contribution >= 0.6 is 0 Å². The number of ether oxygens (including phenoxy) is 3. The van der Waals surface area contributed by atoms with Gasteiger partial charge in [0.25, 0.3) is 5.91 Å². The van der Waals surface area contributed by atoms with E-state index >= 15 is 0 Å². The molecule has 4 aromatic carbocycles. The van der Waals surface area contributed by atoms with Gasteiger partial charge in [-0.2, -0.15) is 0 Å². The van der Waals surface area contributed by atoms with Gasteiger partial charge >= 0.3 is 0 Å². The van der Waals surface area contributed by atoms with Crippen LogP contribution in [0.15, 0.2) is 71.9 Å². The third-order valence-corrected chi connectivity index (χ3v) is 9.88. The number of methoxy groups -OCH3 is 1. The molecule has 0 saturated heterocycles. The van der Waals surface area contributed by atoms with Crippen molar-refractivity contribution < 1.29 is 44.3 Å². The van der Waals surface area contributed by atoms with Crippen molar-refractivity contribution in [3.8, 4) is 17.2 Å². The SMILES string of the molecule is COc1ccc(C2CC(c3cc(CO)c(CO)c(CO)c3)=NO2)cc1OCCCCCCCOc1ccc(C2NC(=O)c3cc(C)ccc3N2)cc1CO. The maximum Gasteiger partial charge on any atom is 0.255 e. The normalized spacial score (nSPS) is 16.2. The molecule has 0 aromatic heterocycles. The van der Waals surface area contributed by atoms with Crippen LogP contribution in [0, 0.1) is 6.92 Å². The molecule has 6 rings (SSSR count). The lowest BCUT2D eigenvalue weighted by Crippen LogP contribution is -2.38. The average Bonchev–Trinajstić information content (AvgIpc) is 3.70. The molecule has 2 aliphatic heterocycles. The quantitative estimate of drug-likeness (QED) is 0.0656. The summed E-state index contributed by atoms with van der Waals surface area (Å²) in [5, 5.41) is 50.1. The molecule has 0 spiro atoms. The molecule has 286 valence electrons. The fourth-order valence-electron chi connectivity index (χ4n) is 6.86. The van der Waals surface area contributed by atoms with Gasteiger partial charge in [-0.05, 0) is 96.1 Å². The number of benzene rings is 4. The van der Waals surface area contributed by atoms with E-state index in [1.165, 1.54) is 0 Å². The molecule has 0 radical (unpaired) electrons. The minimum Gasteiger partial charge on any atom is -0.493 e. The number of aliphatic hydroxyl groups is 4. The number of fused-ring (bicyclic) bond motifs is 1. The van der Waals surface area contributed by atoms with Gasteiger partial charge < -0.3 is 50.1 Å². The zero-order valence-electron chi connectivity index (χ0n) is 30.8. The number of nitrogens with zero attached hydrogens (tertiary/aromatic N) is 1. The smallest absolute Gasteiger partial charge is 0.255 e. The fourth-order valence-corrected chi connectivity index (χ4v) is 6.86. The van der Waals surface area contributed by atoms with Crippen molar-refractivity contribution in [3.05, 3.63) is 117 Å². The van der Waals surface area contributed by atoms with Crippen LogP contribution in [-0.4, -0.2) is 52.4 Å². The number of unbranched alkanes of at least 4 members (excludes halogenated alkanes) is 4. The van der Waals surface area contributed by atoms with E-state index in [2.05, 4.69) is 15.8 Å². The first-order valence-corrected chi connectivity index (χ1v) is 18.4. The van der Waals surface area contributed by atoms with Crippen LogP contribution in [0.2, 0.25) is 0 Å². The lowest BCUT2D eigenvalue weighted by Gasteiger charge is -2.29. The van der Waals surface area contributed by atoms with Crippen LogP contribution in [0.4, 0.5) is 5.69 Å². The first kappa shape index (κ1) is 38.6. The molecule has 2 unspecified atom stereocenters. The van der Waals surface area contributed by atoms with Gasteiger partial charge in [-0.25, -0.2) is 0 Å². The zero-order chi connectivity index (χ0) is 38.0. The molecule has 2 atom stereocenters. The Morgan fingerprint density at radius 3 is 2.07 bits per heavy atom. The van der Waals surface area contributed by atoms with Gasteiger partial charge in [0.2, 0.25) is 0 Å². The van der Waals surface area contributed by atoms with Crippen LogP contribution < -0.4 is 24.8 Å². The molecule has 12 nitrogen and oxygen atoms in total. The lowest BCUT2D eigenvalue weighted by molar-refractivity contribution is 0.0854. The fraction of sp³-hybridized carbons (Fsp3) is 0.381. The summed E-state index contributed by atoms with van der Waals surface area (Å²) >= 11 is 0. The summed E-state index contributed by atoms with van der Waals surface area (Å²) in [5.41, 5.74) is 7.85. The number of nitrogens with one attached hydrogen (secondary N) is 2. The summed E-state index contributed by atoms with van der Waals surface area (Å²) in [4.78, 5) is 18.5. The maximum atomic E-state index is 12.7. The second kappa shape index (κ2) is 18.3. The maximum absolute atomic E-state index is 12.7. The second-order valence-corrected chi connectivity index (χ2v) is 13.6. The highest BCUT2D eigenvalue weighted by Gasteiger charge is 2.27. The molecule has 0 saturated carbocycles. The Hall–Kier alpha value is -5.14. The number of carbonyl (C=O) groups is 1. The number of hydrogen-bond acceptors (Lipinski definition) is 11. The molecule has 0 fully saturated rings. The molecule has 2 aliphatic rings. The first-order chi connectivity index (χ1) is 26.3. The highest BCUT2D eigenvalue weighted by Crippen LogP contribution is 2.37. The van der Waals surface area contributed by atoms with Crippen LogP contribution in [0.25, 0.3) is 0 Å². The van der Waals surface area contributed by atoms with Crippen LogP contribution in [0.5, 0.6) is 17.2 Å². The molecular formula is C42H49N3O9. The predicted molar refractivity (Wildman–Crippen MR) is 204 cm³/mol. The minimum absolute atomic E-state index is 0.134. The largest absolute Gasteiger partial charge is 0.493 e. The van der Waals surface area contributed by atoms with Crippen molar-refractivity contribution in [2.45, 2.75) is 84.1 Å². The van der Waals surface area contributed by atoms with Crippen LogP contribution in [-0.2, 0) is 31.3 Å². The van der Waals surface area contributed by atoms with E-state index in [9.17, 15) is 25.2 Å². The highest BCUT2D eigenvalue weighted by molar-refractivity contribution is 6.02. The van der Waals surface area contributed by atoms with Crippen molar-refractivity contribution in [3.63, 3.8) is 0 Å². The summed E-state index contributed by atoms with van der Waals surface area (Å²) in [5.74, 6) is 1.76. The van der Waals surface area contributed by atoms with Crippen molar-refractivity contribution in [1.82, 2.24) is 5.32 Å². The Labute approximate surface area is 315 Å². The molecule has 0 aliphatic carbocycles. The van der Waals surface area contributed by atoms with Gasteiger partial charge in [-0.3, -0.25) is 4.79 Å². The number of carbonyl (C=O) groups excluding carboxylic acids is 1. The van der Waals surface area contributed by atoms with Crippen LogP contribution in [0.3, 0.4) is 0 Å². The Bertz CT molecular complexity index is 1940. The van der Waals surface area contributed by atoms with Gasteiger partial charge in [0.05, 0.1) is 58.0 Å². The molecule has 12 heteroatoms. The molecule has 1 amide bonds. The standard InChI is InChI=1S/C42H49N3O9/c1-26-8-11-35-33(16-26)42(50)44-41(43-35)28-10-12-37(32(17-28)24-48)52-14-6-4-3-5-7-15-53-40-20-27(9-13-38(40)51-2)39-21-36(45-54-39)29-18-30(22-46)34(25-49)31(19-29)23-47/h8-13,16-20,39,41,43,46-49H,3-7,14-15,21-25H2,1-2H3,(H,44,50). The molecule has 2 heterocycles. The summed E-state index contributed by atoms with van der Waals surface area (Å²) in [6.07, 6.45) is 4.50. The third kappa shape index (κ3) is 8.96.